The minimum atomic E-state index is -0.126. The van der Waals surface area contributed by atoms with Gasteiger partial charge in [0.05, 0.1) is 0 Å². The Morgan fingerprint density at radius 1 is 1.15 bits per heavy atom. The Morgan fingerprint density at radius 2 is 1.88 bits per heavy atom. The van der Waals surface area contributed by atoms with Crippen molar-refractivity contribution >= 4 is 23.0 Å². The van der Waals surface area contributed by atoms with Crippen molar-refractivity contribution in [3.8, 4) is 0 Å². The zero-order valence-electron chi connectivity index (χ0n) is 16.0. The molecular formula is C21H28N4O. The van der Waals surface area contributed by atoms with Crippen LogP contribution in [0, 0.1) is 0 Å². The lowest BCUT2D eigenvalue weighted by Gasteiger charge is -2.38. The molecule has 2 aromatic rings. The molecule has 1 aromatic carbocycles. The van der Waals surface area contributed by atoms with Crippen molar-refractivity contribution in [2.24, 2.45) is 0 Å². The van der Waals surface area contributed by atoms with Crippen LogP contribution in [0.25, 0.3) is 17.0 Å². The summed E-state index contributed by atoms with van der Waals surface area (Å²) in [4.78, 5) is 22.9. The molecule has 138 valence electrons. The van der Waals surface area contributed by atoms with Crippen LogP contribution in [-0.2, 0) is 5.41 Å². The van der Waals surface area contributed by atoms with Gasteiger partial charge in [0.15, 0.2) is 0 Å². The number of hydrogen-bond acceptors (Lipinski definition) is 2. The second kappa shape index (κ2) is 6.47. The molecule has 0 unspecified atom stereocenters. The van der Waals surface area contributed by atoms with Crippen molar-refractivity contribution in [2.45, 2.75) is 26.2 Å². The molecule has 0 atom stereocenters. The Balaban J connectivity index is 1.60. The largest absolute Gasteiger partial charge is 0.355 e. The number of fused-ring (bicyclic) bond motifs is 3. The molecule has 2 aliphatic heterocycles. The lowest BCUT2D eigenvalue weighted by atomic mass is 9.82. The molecule has 1 N–H and O–H groups in total. The van der Waals surface area contributed by atoms with E-state index >= 15 is 0 Å². The number of para-hydroxylation sites is 1. The highest BCUT2D eigenvalue weighted by molar-refractivity contribution is 5.89. The van der Waals surface area contributed by atoms with Crippen LogP contribution in [0.2, 0.25) is 0 Å². The van der Waals surface area contributed by atoms with Crippen molar-refractivity contribution < 1.29 is 4.79 Å². The van der Waals surface area contributed by atoms with Crippen LogP contribution < -0.4 is 0 Å². The smallest absolute Gasteiger partial charge is 0.324 e. The van der Waals surface area contributed by atoms with E-state index < -0.39 is 0 Å². The van der Waals surface area contributed by atoms with Crippen LogP contribution in [0.15, 0.2) is 30.5 Å². The zero-order valence-corrected chi connectivity index (χ0v) is 16.0. The van der Waals surface area contributed by atoms with Crippen molar-refractivity contribution in [1.29, 1.82) is 0 Å². The first-order chi connectivity index (χ1) is 12.5. The Morgan fingerprint density at radius 3 is 2.62 bits per heavy atom. The van der Waals surface area contributed by atoms with E-state index in [1.165, 1.54) is 10.9 Å². The van der Waals surface area contributed by atoms with E-state index in [0.29, 0.717) is 6.54 Å². The predicted octanol–water partition coefficient (Wildman–Crippen LogP) is 3.49. The topological polar surface area (TPSA) is 42.6 Å². The Bertz CT molecular complexity index is 843. The number of rotatable bonds is 1. The number of likely N-dealkylation sites (N-methyl/N-ethyl adjacent to an activating group) is 1. The standard InChI is InChI=1S/C21H28N4O/c1-4-23-11-13-24(14-12-23)20(26)25-10-9-18-19(21(2,3)15-25)16-7-5-6-8-17(16)22-18/h5-10,22H,4,11-15H2,1-3H3. The quantitative estimate of drug-likeness (QED) is 0.854. The van der Waals surface area contributed by atoms with Crippen LogP contribution >= 0.6 is 0 Å². The summed E-state index contributed by atoms with van der Waals surface area (Å²) in [5, 5.41) is 1.25. The van der Waals surface area contributed by atoms with Crippen LogP contribution in [0.5, 0.6) is 0 Å². The van der Waals surface area contributed by atoms with Gasteiger partial charge < -0.3 is 19.7 Å². The van der Waals surface area contributed by atoms with Crippen LogP contribution in [0.3, 0.4) is 0 Å². The van der Waals surface area contributed by atoms with E-state index in [0.717, 1.165) is 43.9 Å². The molecule has 26 heavy (non-hydrogen) atoms. The van der Waals surface area contributed by atoms with Gasteiger partial charge in [0, 0.05) is 60.9 Å². The van der Waals surface area contributed by atoms with Gasteiger partial charge in [-0.2, -0.15) is 0 Å². The highest BCUT2D eigenvalue weighted by Crippen LogP contribution is 2.37. The number of H-pyrrole nitrogens is 1. The van der Waals surface area contributed by atoms with Gasteiger partial charge in [-0.15, -0.1) is 0 Å². The number of nitrogens with one attached hydrogen (secondary N) is 1. The molecule has 1 fully saturated rings. The monoisotopic (exact) mass is 352 g/mol. The Labute approximate surface area is 155 Å². The molecule has 1 aromatic heterocycles. The highest BCUT2D eigenvalue weighted by atomic mass is 16.2. The fourth-order valence-electron chi connectivity index (χ4n) is 4.31. The van der Waals surface area contributed by atoms with E-state index in [4.69, 9.17) is 0 Å². The highest BCUT2D eigenvalue weighted by Gasteiger charge is 2.34. The average molecular weight is 352 g/mol. The molecule has 0 bridgehead atoms. The van der Waals surface area contributed by atoms with Gasteiger partial charge in [0.2, 0.25) is 0 Å². The number of carbonyl (C=O) groups excluding carboxylic acids is 1. The molecule has 0 spiro atoms. The fraction of sp³-hybridized carbons (Fsp3) is 0.476. The van der Waals surface area contributed by atoms with Crippen LogP contribution in [-0.4, -0.2) is 65.0 Å². The predicted molar refractivity (Wildman–Crippen MR) is 106 cm³/mol. The molecule has 3 heterocycles. The van der Waals surface area contributed by atoms with Crippen molar-refractivity contribution in [3.05, 3.63) is 41.7 Å². The third kappa shape index (κ3) is 2.90. The van der Waals surface area contributed by atoms with E-state index in [9.17, 15) is 4.79 Å². The van der Waals surface area contributed by atoms with E-state index in [1.807, 2.05) is 16.0 Å². The number of urea groups is 1. The summed E-state index contributed by atoms with van der Waals surface area (Å²) in [7, 11) is 0. The van der Waals surface area contributed by atoms with E-state index in [2.05, 4.69) is 61.0 Å². The molecule has 1 saturated heterocycles. The molecule has 0 aliphatic carbocycles. The lowest BCUT2D eigenvalue weighted by Crippen LogP contribution is -2.52. The van der Waals surface area contributed by atoms with Crippen molar-refractivity contribution in [2.75, 3.05) is 39.3 Å². The average Bonchev–Trinajstić information content (AvgIpc) is 2.97. The maximum Gasteiger partial charge on any atom is 0.324 e. The zero-order chi connectivity index (χ0) is 18.3. The summed E-state index contributed by atoms with van der Waals surface area (Å²) in [5.74, 6) is 0. The number of amides is 2. The molecule has 0 radical (unpaired) electrons. The maximum absolute atomic E-state index is 13.1. The Hall–Kier alpha value is -2.27. The third-order valence-electron chi connectivity index (χ3n) is 5.73. The first-order valence-electron chi connectivity index (χ1n) is 9.57. The normalized spacial score (nSPS) is 20.3. The fourth-order valence-corrected chi connectivity index (χ4v) is 4.31. The molecule has 2 amide bonds. The van der Waals surface area contributed by atoms with E-state index in [-0.39, 0.29) is 11.4 Å². The summed E-state index contributed by atoms with van der Waals surface area (Å²) in [6.45, 7) is 11.9. The number of aromatic amines is 1. The van der Waals surface area contributed by atoms with Gasteiger partial charge in [0.1, 0.15) is 0 Å². The number of carbonyl (C=O) groups is 1. The molecule has 0 saturated carbocycles. The molecule has 5 heteroatoms. The third-order valence-corrected chi connectivity index (χ3v) is 5.73. The van der Waals surface area contributed by atoms with Crippen LogP contribution in [0.4, 0.5) is 4.79 Å². The van der Waals surface area contributed by atoms with Gasteiger partial charge in [-0.25, -0.2) is 4.79 Å². The number of nitrogens with zero attached hydrogens (tertiary/aromatic N) is 3. The molecule has 2 aliphatic rings. The number of hydrogen-bond donors (Lipinski definition) is 1. The second-order valence-electron chi connectivity index (χ2n) is 7.99. The van der Waals surface area contributed by atoms with Gasteiger partial charge in [0.25, 0.3) is 0 Å². The van der Waals surface area contributed by atoms with Crippen LogP contribution in [0.1, 0.15) is 32.0 Å². The minimum absolute atomic E-state index is 0.125. The van der Waals surface area contributed by atoms with Gasteiger partial charge in [-0.05, 0) is 24.3 Å². The summed E-state index contributed by atoms with van der Waals surface area (Å²) in [6.07, 6.45) is 4.02. The van der Waals surface area contributed by atoms with Crippen molar-refractivity contribution in [1.82, 2.24) is 19.7 Å². The van der Waals surface area contributed by atoms with E-state index in [1.54, 1.807) is 0 Å². The lowest BCUT2D eigenvalue weighted by molar-refractivity contribution is 0.121. The number of benzene rings is 1. The first kappa shape index (κ1) is 17.2. The summed E-state index contributed by atoms with van der Waals surface area (Å²) < 4.78 is 0. The molecule has 5 nitrogen and oxygen atoms in total. The SMILES string of the molecule is CCN1CCN(C(=O)N2C=Cc3[nH]c4ccccc4c3C(C)(C)C2)CC1. The number of aromatic nitrogens is 1. The molecular weight excluding hydrogens is 324 g/mol. The second-order valence-corrected chi connectivity index (χ2v) is 7.99. The first-order valence-corrected chi connectivity index (χ1v) is 9.57. The van der Waals surface area contributed by atoms with Crippen molar-refractivity contribution in [3.63, 3.8) is 0 Å². The number of piperazine rings is 1. The maximum atomic E-state index is 13.1. The summed E-state index contributed by atoms with van der Waals surface area (Å²) in [6, 6.07) is 8.54. The summed E-state index contributed by atoms with van der Waals surface area (Å²) in [5.41, 5.74) is 3.45. The summed E-state index contributed by atoms with van der Waals surface area (Å²) >= 11 is 0. The van der Waals surface area contributed by atoms with Gasteiger partial charge in [-0.3, -0.25) is 0 Å². The van der Waals surface area contributed by atoms with Gasteiger partial charge >= 0.3 is 6.03 Å². The van der Waals surface area contributed by atoms with Gasteiger partial charge in [-0.1, -0.05) is 39.0 Å². The molecule has 4 rings (SSSR count). The Kier molecular flexibility index (Phi) is 4.27. The minimum Gasteiger partial charge on any atom is -0.355 e.